The Morgan fingerprint density at radius 2 is 1.86 bits per heavy atom. The zero-order valence-corrected chi connectivity index (χ0v) is 16.4. The first-order chi connectivity index (χ1) is 13.4. The lowest BCUT2D eigenvalue weighted by molar-refractivity contribution is 0.0897. The Morgan fingerprint density at radius 1 is 1.14 bits per heavy atom. The maximum atomic E-state index is 13.5. The quantitative estimate of drug-likeness (QED) is 0.665. The molecule has 1 heterocycles. The molecule has 2 aromatic carbocycles. The third kappa shape index (κ3) is 2.83. The van der Waals surface area contributed by atoms with Crippen molar-refractivity contribution in [2.24, 2.45) is 5.92 Å². The van der Waals surface area contributed by atoms with Gasteiger partial charge in [-0.05, 0) is 44.4 Å². The fraction of sp³-hybridized carbons (Fsp3) is 0.273. The number of nitrogens with zero attached hydrogens (tertiary/aromatic N) is 2. The van der Waals surface area contributed by atoms with E-state index in [1.165, 1.54) is 3.97 Å². The van der Waals surface area contributed by atoms with Gasteiger partial charge >= 0.3 is 0 Å². The number of aryl methyl sites for hydroxylation is 1. The lowest BCUT2D eigenvalue weighted by atomic mass is 9.82. The predicted octanol–water partition coefficient (Wildman–Crippen LogP) is 4.24. The van der Waals surface area contributed by atoms with Crippen molar-refractivity contribution in [1.29, 1.82) is 5.26 Å². The first kappa shape index (κ1) is 18.5. The molecule has 0 spiro atoms. The first-order valence-corrected chi connectivity index (χ1v) is 10.7. The fourth-order valence-corrected chi connectivity index (χ4v) is 5.60. The number of Topliss-reactive ketones (excluding diaryl/α,β-unsaturated/α-hetero) is 1. The molecular formula is C22H20N2O3S. The minimum absolute atomic E-state index is 0.0504. The van der Waals surface area contributed by atoms with Gasteiger partial charge in [0.2, 0.25) is 0 Å². The lowest BCUT2D eigenvalue weighted by Gasteiger charge is -2.22. The first-order valence-electron chi connectivity index (χ1n) is 9.31. The van der Waals surface area contributed by atoms with E-state index in [4.69, 9.17) is 5.26 Å². The number of carbonyl (C=O) groups is 1. The van der Waals surface area contributed by atoms with Gasteiger partial charge < -0.3 is 0 Å². The van der Waals surface area contributed by atoms with Crippen LogP contribution in [0, 0.1) is 24.2 Å². The van der Waals surface area contributed by atoms with Crippen LogP contribution >= 0.6 is 0 Å². The smallest absolute Gasteiger partial charge is 0.268 e. The molecule has 1 unspecified atom stereocenters. The fourth-order valence-electron chi connectivity index (χ4n) is 4.02. The number of ketones is 1. The minimum atomic E-state index is -3.83. The molecular weight excluding hydrogens is 372 g/mol. The molecule has 0 bridgehead atoms. The van der Waals surface area contributed by atoms with Crippen molar-refractivity contribution in [3.05, 3.63) is 65.4 Å². The second-order valence-electron chi connectivity index (χ2n) is 7.22. The van der Waals surface area contributed by atoms with E-state index in [9.17, 15) is 13.2 Å². The van der Waals surface area contributed by atoms with Crippen molar-refractivity contribution in [3.63, 3.8) is 0 Å². The lowest BCUT2D eigenvalue weighted by Crippen LogP contribution is -2.25. The summed E-state index contributed by atoms with van der Waals surface area (Å²) in [5, 5.41) is 9.53. The molecule has 0 saturated carbocycles. The topological polar surface area (TPSA) is 79.9 Å². The number of rotatable bonds is 4. The Bertz CT molecular complexity index is 1220. The van der Waals surface area contributed by atoms with Gasteiger partial charge in [0.15, 0.2) is 5.78 Å². The molecule has 0 saturated heterocycles. The summed E-state index contributed by atoms with van der Waals surface area (Å²) in [6.45, 7) is 1.91. The van der Waals surface area contributed by atoms with Crippen LogP contribution in [0.4, 0.5) is 0 Å². The van der Waals surface area contributed by atoms with E-state index >= 15 is 0 Å². The van der Waals surface area contributed by atoms with Gasteiger partial charge in [-0.15, -0.1) is 0 Å². The summed E-state index contributed by atoms with van der Waals surface area (Å²) in [6.07, 6.45) is 1.90. The normalized spacial score (nSPS) is 16.7. The van der Waals surface area contributed by atoms with Crippen LogP contribution in [-0.4, -0.2) is 18.2 Å². The number of benzene rings is 2. The van der Waals surface area contributed by atoms with Crippen molar-refractivity contribution in [3.8, 4) is 6.07 Å². The van der Waals surface area contributed by atoms with E-state index < -0.39 is 10.0 Å². The van der Waals surface area contributed by atoms with E-state index in [1.54, 1.807) is 42.5 Å². The van der Waals surface area contributed by atoms with Gasteiger partial charge in [0.1, 0.15) is 0 Å². The van der Waals surface area contributed by atoms with Crippen molar-refractivity contribution in [2.75, 3.05) is 0 Å². The van der Waals surface area contributed by atoms with Gasteiger partial charge in [0.25, 0.3) is 10.0 Å². The number of para-hydroxylation sites is 1. The number of hydrogen-bond acceptors (Lipinski definition) is 4. The van der Waals surface area contributed by atoms with E-state index in [1.807, 2.05) is 13.0 Å². The molecule has 0 fully saturated rings. The van der Waals surface area contributed by atoms with Crippen LogP contribution in [0.5, 0.6) is 0 Å². The Hall–Kier alpha value is -2.91. The van der Waals surface area contributed by atoms with Crippen LogP contribution in [0.15, 0.2) is 53.4 Å². The molecule has 6 heteroatoms. The molecule has 0 radical (unpaired) electrons. The average Bonchev–Trinajstić information content (AvgIpc) is 3.03. The molecule has 0 amide bonds. The maximum Gasteiger partial charge on any atom is 0.268 e. The SMILES string of the molecule is Cc1ccc(S(=O)(=O)n2c3c(c4ccccc42)C(=O)C(CCC#N)CC3)cc1. The molecule has 1 aliphatic carbocycles. The molecule has 142 valence electrons. The van der Waals surface area contributed by atoms with Crippen LogP contribution < -0.4 is 0 Å². The third-order valence-electron chi connectivity index (χ3n) is 5.44. The van der Waals surface area contributed by atoms with E-state index in [2.05, 4.69) is 6.07 Å². The van der Waals surface area contributed by atoms with E-state index in [-0.39, 0.29) is 16.6 Å². The van der Waals surface area contributed by atoms with Gasteiger partial charge in [-0.2, -0.15) is 5.26 Å². The largest absolute Gasteiger partial charge is 0.294 e. The van der Waals surface area contributed by atoms with Crippen molar-refractivity contribution in [1.82, 2.24) is 3.97 Å². The van der Waals surface area contributed by atoms with Gasteiger partial charge in [0.05, 0.1) is 16.5 Å². The second-order valence-corrected chi connectivity index (χ2v) is 9.00. The number of nitriles is 1. The van der Waals surface area contributed by atoms with Crippen LogP contribution in [-0.2, 0) is 16.4 Å². The molecule has 1 atom stereocenters. The summed E-state index contributed by atoms with van der Waals surface area (Å²) in [7, 11) is -3.83. The monoisotopic (exact) mass is 392 g/mol. The summed E-state index contributed by atoms with van der Waals surface area (Å²) >= 11 is 0. The highest BCUT2D eigenvalue weighted by atomic mass is 32.2. The van der Waals surface area contributed by atoms with Gasteiger partial charge in [-0.3, -0.25) is 4.79 Å². The van der Waals surface area contributed by atoms with Crippen LogP contribution in [0.1, 0.15) is 40.9 Å². The Morgan fingerprint density at radius 3 is 2.57 bits per heavy atom. The highest BCUT2D eigenvalue weighted by Crippen LogP contribution is 2.37. The molecule has 0 aliphatic heterocycles. The Labute approximate surface area is 164 Å². The van der Waals surface area contributed by atoms with Crippen LogP contribution in [0.2, 0.25) is 0 Å². The standard InChI is InChI=1S/C22H20N2O3S/c1-15-8-11-17(12-9-15)28(26,27)24-19-7-3-2-6-18(19)21-20(24)13-10-16(22(21)25)5-4-14-23/h2-3,6-9,11-12,16H,4-5,10,13H2,1H3. The molecule has 1 aromatic heterocycles. The Kier molecular flexibility index (Phi) is 4.56. The highest BCUT2D eigenvalue weighted by molar-refractivity contribution is 7.90. The van der Waals surface area contributed by atoms with E-state index in [0.717, 1.165) is 5.56 Å². The van der Waals surface area contributed by atoms with Crippen LogP contribution in [0.25, 0.3) is 10.9 Å². The number of hydrogen-bond donors (Lipinski definition) is 0. The molecule has 28 heavy (non-hydrogen) atoms. The number of carbonyl (C=O) groups excluding carboxylic acids is 1. The molecule has 5 nitrogen and oxygen atoms in total. The molecule has 3 aromatic rings. The highest BCUT2D eigenvalue weighted by Gasteiger charge is 2.35. The van der Waals surface area contributed by atoms with E-state index in [0.29, 0.717) is 47.8 Å². The molecule has 0 N–H and O–H groups in total. The molecule has 1 aliphatic rings. The second kappa shape index (κ2) is 6.92. The van der Waals surface area contributed by atoms with Gasteiger partial charge in [-0.25, -0.2) is 12.4 Å². The number of fused-ring (bicyclic) bond motifs is 3. The van der Waals surface area contributed by atoms with Gasteiger partial charge in [0, 0.05) is 29.0 Å². The predicted molar refractivity (Wildman–Crippen MR) is 107 cm³/mol. The molecule has 4 rings (SSSR count). The zero-order valence-electron chi connectivity index (χ0n) is 15.6. The number of aromatic nitrogens is 1. The summed E-state index contributed by atoms with van der Waals surface area (Å²) in [6, 6.07) is 16.0. The zero-order chi connectivity index (χ0) is 19.9. The summed E-state index contributed by atoms with van der Waals surface area (Å²) in [4.78, 5) is 13.3. The average molecular weight is 392 g/mol. The Balaban J connectivity index is 1.94. The van der Waals surface area contributed by atoms with Gasteiger partial charge in [-0.1, -0.05) is 35.9 Å². The van der Waals surface area contributed by atoms with Crippen molar-refractivity contribution < 1.29 is 13.2 Å². The van der Waals surface area contributed by atoms with Crippen molar-refractivity contribution in [2.45, 2.75) is 37.5 Å². The summed E-state index contributed by atoms with van der Waals surface area (Å²) < 4.78 is 28.3. The maximum absolute atomic E-state index is 13.5. The summed E-state index contributed by atoms with van der Waals surface area (Å²) in [5.41, 5.74) is 2.57. The summed E-state index contributed by atoms with van der Waals surface area (Å²) in [5.74, 6) is -0.279. The minimum Gasteiger partial charge on any atom is -0.294 e. The third-order valence-corrected chi connectivity index (χ3v) is 7.20. The van der Waals surface area contributed by atoms with Crippen molar-refractivity contribution >= 4 is 26.7 Å². The van der Waals surface area contributed by atoms with Crippen LogP contribution in [0.3, 0.4) is 0 Å².